The second kappa shape index (κ2) is 6.29. The summed E-state index contributed by atoms with van der Waals surface area (Å²) in [7, 11) is 1.56. The summed E-state index contributed by atoms with van der Waals surface area (Å²) in [5.41, 5.74) is 6.28. The predicted octanol–water partition coefficient (Wildman–Crippen LogP) is 1.70. The molecule has 20 heavy (non-hydrogen) atoms. The van der Waals surface area contributed by atoms with Crippen LogP contribution in [0.4, 0.5) is 11.7 Å². The van der Waals surface area contributed by atoms with Gasteiger partial charge in [-0.3, -0.25) is 10.1 Å². The molecule has 0 saturated carbocycles. The first-order valence-electron chi connectivity index (χ1n) is 5.75. The van der Waals surface area contributed by atoms with E-state index in [2.05, 4.69) is 15.5 Å². The van der Waals surface area contributed by atoms with Crippen molar-refractivity contribution >= 4 is 29.4 Å². The third-order valence-electron chi connectivity index (χ3n) is 2.32. The number of hydrogen-bond donors (Lipinski definition) is 2. The van der Waals surface area contributed by atoms with E-state index in [-0.39, 0.29) is 17.7 Å². The number of carbonyl (C=O) groups excluding carboxylic acids is 1. The number of nitrogens with one attached hydrogen (secondary N) is 1. The van der Waals surface area contributed by atoms with Crippen molar-refractivity contribution in [3.63, 3.8) is 0 Å². The van der Waals surface area contributed by atoms with Crippen molar-refractivity contribution in [3.05, 3.63) is 24.1 Å². The van der Waals surface area contributed by atoms with Crippen LogP contribution in [0, 0.1) is 6.92 Å². The van der Waals surface area contributed by atoms with Crippen molar-refractivity contribution in [2.75, 3.05) is 23.9 Å². The monoisotopic (exact) mass is 294 g/mol. The molecule has 0 aliphatic heterocycles. The number of aryl methyl sites for hydroxylation is 1. The number of ether oxygens (including phenoxy) is 1. The van der Waals surface area contributed by atoms with Crippen LogP contribution in [0.15, 0.2) is 27.5 Å². The molecular weight excluding hydrogens is 280 g/mol. The third kappa shape index (κ3) is 3.64. The van der Waals surface area contributed by atoms with Crippen molar-refractivity contribution in [2.24, 2.45) is 0 Å². The summed E-state index contributed by atoms with van der Waals surface area (Å²) in [4.78, 5) is 12.6. The molecule has 0 radical (unpaired) electrons. The fourth-order valence-electron chi connectivity index (χ4n) is 1.45. The Labute approximate surface area is 119 Å². The molecule has 0 unspecified atom stereocenters. The number of methoxy groups -OCH3 is 1. The van der Waals surface area contributed by atoms with E-state index >= 15 is 0 Å². The zero-order chi connectivity index (χ0) is 14.5. The zero-order valence-electron chi connectivity index (χ0n) is 11.0. The number of benzene rings is 1. The highest BCUT2D eigenvalue weighted by Crippen LogP contribution is 2.30. The predicted molar refractivity (Wildman–Crippen MR) is 75.8 cm³/mol. The fourth-order valence-corrected chi connectivity index (χ4v) is 2.26. The van der Waals surface area contributed by atoms with Crippen LogP contribution in [0.2, 0.25) is 0 Å². The zero-order valence-corrected chi connectivity index (χ0v) is 11.9. The van der Waals surface area contributed by atoms with Crippen molar-refractivity contribution in [1.29, 1.82) is 0 Å². The molecular formula is C12H14N4O3S. The van der Waals surface area contributed by atoms with Crippen molar-refractivity contribution in [1.82, 2.24) is 10.2 Å². The molecule has 0 saturated heterocycles. The molecule has 1 aromatic carbocycles. The Balaban J connectivity index is 1.93. The Hall–Kier alpha value is -2.22. The second-order valence-electron chi connectivity index (χ2n) is 3.87. The fraction of sp³-hybridized carbons (Fsp3) is 0.250. The lowest BCUT2D eigenvalue weighted by atomic mass is 10.3. The first-order valence-corrected chi connectivity index (χ1v) is 6.73. The number of aromatic nitrogens is 2. The van der Waals surface area contributed by atoms with Crippen LogP contribution in [0.1, 0.15) is 5.89 Å². The van der Waals surface area contributed by atoms with Crippen LogP contribution in [0.25, 0.3) is 0 Å². The Kier molecular flexibility index (Phi) is 4.46. The van der Waals surface area contributed by atoms with Crippen LogP contribution in [-0.4, -0.2) is 29.0 Å². The van der Waals surface area contributed by atoms with Gasteiger partial charge in [0, 0.05) is 23.6 Å². The molecule has 0 aliphatic carbocycles. The average Bonchev–Trinajstić information content (AvgIpc) is 2.82. The molecule has 8 heteroatoms. The summed E-state index contributed by atoms with van der Waals surface area (Å²) in [5, 5.41) is 9.83. The number of carbonyl (C=O) groups is 1. The quantitative estimate of drug-likeness (QED) is 0.639. The number of nitrogen functional groups attached to an aromatic ring is 1. The number of hydrogen-bond acceptors (Lipinski definition) is 7. The highest BCUT2D eigenvalue weighted by Gasteiger charge is 2.10. The molecule has 1 heterocycles. The molecule has 1 aromatic heterocycles. The molecule has 3 N–H and O–H groups in total. The summed E-state index contributed by atoms with van der Waals surface area (Å²) in [6.45, 7) is 1.65. The van der Waals surface area contributed by atoms with Gasteiger partial charge in [-0.2, -0.15) is 0 Å². The number of anilines is 2. The average molecular weight is 294 g/mol. The van der Waals surface area contributed by atoms with Gasteiger partial charge in [-0.1, -0.05) is 5.10 Å². The highest BCUT2D eigenvalue weighted by atomic mass is 32.2. The normalized spacial score (nSPS) is 10.3. The van der Waals surface area contributed by atoms with Crippen LogP contribution in [0.3, 0.4) is 0 Å². The highest BCUT2D eigenvalue weighted by molar-refractivity contribution is 8.00. The second-order valence-corrected chi connectivity index (χ2v) is 4.89. The lowest BCUT2D eigenvalue weighted by Gasteiger charge is -2.08. The van der Waals surface area contributed by atoms with Gasteiger partial charge in [0.2, 0.25) is 11.8 Å². The van der Waals surface area contributed by atoms with E-state index in [9.17, 15) is 4.79 Å². The standard InChI is InChI=1S/C12H14N4O3S/c1-7-15-16-12(19-7)14-11(17)6-20-10-4-3-8(13)5-9(10)18-2/h3-5H,6,13H2,1-2H3,(H,14,16,17). The number of nitrogens with two attached hydrogens (primary N) is 1. The number of thioether (sulfide) groups is 1. The molecule has 0 spiro atoms. The molecule has 0 atom stereocenters. The Morgan fingerprint density at radius 2 is 2.30 bits per heavy atom. The van der Waals surface area contributed by atoms with Gasteiger partial charge in [-0.25, -0.2) is 0 Å². The molecule has 0 aliphatic rings. The van der Waals surface area contributed by atoms with Gasteiger partial charge in [0.1, 0.15) is 5.75 Å². The largest absolute Gasteiger partial charge is 0.496 e. The van der Waals surface area contributed by atoms with Crippen molar-refractivity contribution in [2.45, 2.75) is 11.8 Å². The van der Waals surface area contributed by atoms with Gasteiger partial charge < -0.3 is 14.9 Å². The number of nitrogens with zero attached hydrogens (tertiary/aromatic N) is 2. The van der Waals surface area contributed by atoms with Gasteiger partial charge in [-0.15, -0.1) is 16.9 Å². The van der Waals surface area contributed by atoms with Gasteiger partial charge in [0.25, 0.3) is 0 Å². The topological polar surface area (TPSA) is 103 Å². The summed E-state index contributed by atoms with van der Waals surface area (Å²) in [6.07, 6.45) is 0. The van der Waals surface area contributed by atoms with E-state index in [1.165, 1.54) is 11.8 Å². The minimum Gasteiger partial charge on any atom is -0.496 e. The third-order valence-corrected chi connectivity index (χ3v) is 3.37. The maximum Gasteiger partial charge on any atom is 0.322 e. The number of amides is 1. The van der Waals surface area contributed by atoms with E-state index < -0.39 is 0 Å². The van der Waals surface area contributed by atoms with Crippen LogP contribution in [-0.2, 0) is 4.79 Å². The smallest absolute Gasteiger partial charge is 0.322 e. The van der Waals surface area contributed by atoms with Crippen molar-refractivity contribution in [3.8, 4) is 5.75 Å². The Morgan fingerprint density at radius 3 is 2.95 bits per heavy atom. The lowest BCUT2D eigenvalue weighted by Crippen LogP contribution is -2.14. The molecule has 0 fully saturated rings. The van der Waals surface area contributed by atoms with Gasteiger partial charge in [0.15, 0.2) is 0 Å². The van der Waals surface area contributed by atoms with Crippen LogP contribution in [0.5, 0.6) is 5.75 Å². The van der Waals surface area contributed by atoms with Gasteiger partial charge in [0.05, 0.1) is 12.9 Å². The Morgan fingerprint density at radius 1 is 1.50 bits per heavy atom. The maximum absolute atomic E-state index is 11.7. The molecule has 1 amide bonds. The van der Waals surface area contributed by atoms with Crippen LogP contribution < -0.4 is 15.8 Å². The van der Waals surface area contributed by atoms with Gasteiger partial charge >= 0.3 is 6.01 Å². The Bertz CT molecular complexity index is 614. The van der Waals surface area contributed by atoms with E-state index in [4.69, 9.17) is 14.9 Å². The molecule has 106 valence electrons. The summed E-state index contributed by atoms with van der Waals surface area (Å²) in [5.74, 6) is 0.990. The lowest BCUT2D eigenvalue weighted by molar-refractivity contribution is -0.113. The summed E-state index contributed by atoms with van der Waals surface area (Å²) >= 11 is 1.33. The van der Waals surface area contributed by atoms with E-state index in [1.54, 1.807) is 26.2 Å². The molecule has 2 rings (SSSR count). The molecule has 7 nitrogen and oxygen atoms in total. The van der Waals surface area contributed by atoms with Crippen molar-refractivity contribution < 1.29 is 13.9 Å². The first-order chi connectivity index (χ1) is 9.58. The van der Waals surface area contributed by atoms with E-state index in [0.717, 1.165) is 4.90 Å². The summed E-state index contributed by atoms with van der Waals surface area (Å²) < 4.78 is 10.3. The van der Waals surface area contributed by atoms with E-state index in [1.807, 2.05) is 6.07 Å². The number of rotatable bonds is 5. The van der Waals surface area contributed by atoms with E-state index in [0.29, 0.717) is 17.3 Å². The first kappa shape index (κ1) is 14.2. The SMILES string of the molecule is COc1cc(N)ccc1SCC(=O)Nc1nnc(C)o1. The van der Waals surface area contributed by atoms with Gasteiger partial charge in [-0.05, 0) is 12.1 Å². The van der Waals surface area contributed by atoms with Crippen LogP contribution >= 0.6 is 11.8 Å². The molecule has 2 aromatic rings. The summed E-state index contributed by atoms with van der Waals surface area (Å²) in [6, 6.07) is 5.37. The molecule has 0 bridgehead atoms. The maximum atomic E-state index is 11.7. The minimum absolute atomic E-state index is 0.0948. The minimum atomic E-state index is -0.238.